The summed E-state index contributed by atoms with van der Waals surface area (Å²) in [6.07, 6.45) is 0. The predicted octanol–water partition coefficient (Wildman–Crippen LogP) is 0.769. The van der Waals surface area contributed by atoms with Gasteiger partial charge >= 0.3 is 5.97 Å². The summed E-state index contributed by atoms with van der Waals surface area (Å²) in [5.41, 5.74) is 1.34. The van der Waals surface area contributed by atoms with Gasteiger partial charge < -0.3 is 14.2 Å². The molecule has 0 unspecified atom stereocenters. The van der Waals surface area contributed by atoms with Gasteiger partial charge in [-0.3, -0.25) is 0 Å². The molecule has 1 fully saturated rings. The van der Waals surface area contributed by atoms with Crippen molar-refractivity contribution in [3.63, 3.8) is 0 Å². The fraction of sp³-hybridized carbons (Fsp3) is 0.462. The first-order valence-electron chi connectivity index (χ1n) is 6.14. The van der Waals surface area contributed by atoms with Crippen LogP contribution in [0.4, 0.5) is 0 Å². The molecule has 1 saturated heterocycles. The molecule has 3 rings (SSSR count). The highest BCUT2D eigenvalue weighted by molar-refractivity contribution is 7.91. The molecule has 0 saturated carbocycles. The van der Waals surface area contributed by atoms with Gasteiger partial charge in [0.25, 0.3) is 0 Å². The first kappa shape index (κ1) is 13.5. The Kier molecular flexibility index (Phi) is 2.89. The van der Waals surface area contributed by atoms with Crippen molar-refractivity contribution < 1.29 is 27.4 Å². The minimum atomic E-state index is -3.54. The number of carbonyl (C=O) groups is 1. The van der Waals surface area contributed by atoms with Gasteiger partial charge in [-0.15, -0.1) is 0 Å². The van der Waals surface area contributed by atoms with Gasteiger partial charge in [-0.25, -0.2) is 13.2 Å². The summed E-state index contributed by atoms with van der Waals surface area (Å²) in [5.74, 6) is -2.03. The topological polar surface area (TPSA) is 78.9 Å². The van der Waals surface area contributed by atoms with Crippen LogP contribution >= 0.6 is 0 Å². The van der Waals surface area contributed by atoms with E-state index in [1.165, 1.54) is 13.2 Å². The molecule has 2 aliphatic rings. The van der Waals surface area contributed by atoms with Crippen molar-refractivity contribution in [1.82, 2.24) is 0 Å². The standard InChI is InChI=1S/C13H14O6S/c1-8-5-10-11(6-9(8)12(14)17-2)20(15,16)7-13(10)18-3-4-19-13/h5-6H,3-4,7H2,1-2H3. The second-order valence-electron chi connectivity index (χ2n) is 4.86. The average molecular weight is 298 g/mol. The molecule has 0 bridgehead atoms. The van der Waals surface area contributed by atoms with Gasteiger partial charge in [0.2, 0.25) is 5.79 Å². The molecule has 1 spiro atoms. The van der Waals surface area contributed by atoms with E-state index < -0.39 is 21.6 Å². The molecule has 0 radical (unpaired) electrons. The van der Waals surface area contributed by atoms with E-state index in [-0.39, 0.29) is 16.2 Å². The number of esters is 1. The highest BCUT2D eigenvalue weighted by Crippen LogP contribution is 2.44. The van der Waals surface area contributed by atoms with Gasteiger partial charge in [-0.05, 0) is 24.6 Å². The normalized spacial score (nSPS) is 21.9. The van der Waals surface area contributed by atoms with Crippen LogP contribution in [-0.2, 0) is 29.8 Å². The Bertz CT molecular complexity index is 685. The Labute approximate surface area is 116 Å². The third kappa shape index (κ3) is 1.77. The molecule has 7 heteroatoms. The van der Waals surface area contributed by atoms with Crippen LogP contribution in [0.25, 0.3) is 0 Å². The van der Waals surface area contributed by atoms with E-state index in [1.807, 2.05) is 0 Å². The number of aryl methyl sites for hydroxylation is 1. The lowest BCUT2D eigenvalue weighted by molar-refractivity contribution is -0.145. The predicted molar refractivity (Wildman–Crippen MR) is 68.2 cm³/mol. The second-order valence-corrected chi connectivity index (χ2v) is 6.82. The zero-order valence-electron chi connectivity index (χ0n) is 11.1. The molecule has 108 valence electrons. The van der Waals surface area contributed by atoms with Crippen LogP contribution in [0.1, 0.15) is 21.5 Å². The van der Waals surface area contributed by atoms with Crippen LogP contribution in [0, 0.1) is 6.92 Å². The molecule has 20 heavy (non-hydrogen) atoms. The van der Waals surface area contributed by atoms with E-state index in [4.69, 9.17) is 9.47 Å². The van der Waals surface area contributed by atoms with E-state index >= 15 is 0 Å². The number of hydrogen-bond acceptors (Lipinski definition) is 6. The highest BCUT2D eigenvalue weighted by atomic mass is 32.2. The number of rotatable bonds is 1. The number of sulfone groups is 1. The summed E-state index contributed by atoms with van der Waals surface area (Å²) in [7, 11) is -2.28. The van der Waals surface area contributed by atoms with Crippen LogP contribution in [0.2, 0.25) is 0 Å². The smallest absolute Gasteiger partial charge is 0.338 e. The monoisotopic (exact) mass is 298 g/mol. The Balaban J connectivity index is 2.24. The third-order valence-electron chi connectivity index (χ3n) is 3.61. The van der Waals surface area contributed by atoms with Gasteiger partial charge in [0.05, 0.1) is 30.8 Å². The van der Waals surface area contributed by atoms with Crippen LogP contribution < -0.4 is 0 Å². The van der Waals surface area contributed by atoms with E-state index in [1.54, 1.807) is 13.0 Å². The van der Waals surface area contributed by atoms with Crippen LogP contribution in [0.15, 0.2) is 17.0 Å². The summed E-state index contributed by atoms with van der Waals surface area (Å²) >= 11 is 0. The summed E-state index contributed by atoms with van der Waals surface area (Å²) in [5, 5.41) is 0. The van der Waals surface area contributed by atoms with E-state index in [2.05, 4.69) is 4.74 Å². The van der Waals surface area contributed by atoms with Gasteiger partial charge in [0.1, 0.15) is 5.75 Å². The number of ether oxygens (including phenoxy) is 3. The van der Waals surface area contributed by atoms with Gasteiger partial charge in [0.15, 0.2) is 9.84 Å². The number of hydrogen-bond donors (Lipinski definition) is 0. The SMILES string of the molecule is COC(=O)c1cc2c(cc1C)C1(CS2(=O)=O)OCCO1. The summed E-state index contributed by atoms with van der Waals surface area (Å²) in [6.45, 7) is 2.43. The molecule has 6 nitrogen and oxygen atoms in total. The van der Waals surface area contributed by atoms with E-state index in [0.717, 1.165) is 0 Å². The molecule has 2 aliphatic heterocycles. The lowest BCUT2D eigenvalue weighted by Crippen LogP contribution is -2.29. The maximum absolute atomic E-state index is 12.3. The van der Waals surface area contributed by atoms with Crippen molar-refractivity contribution in [3.05, 3.63) is 28.8 Å². The minimum Gasteiger partial charge on any atom is -0.465 e. The number of carbonyl (C=O) groups excluding carboxylic acids is 1. The van der Waals surface area contributed by atoms with Crippen molar-refractivity contribution in [1.29, 1.82) is 0 Å². The van der Waals surface area contributed by atoms with Crippen LogP contribution in [0.3, 0.4) is 0 Å². The Morgan fingerprint density at radius 3 is 2.55 bits per heavy atom. The fourth-order valence-electron chi connectivity index (χ4n) is 2.67. The Morgan fingerprint density at radius 1 is 1.30 bits per heavy atom. The largest absolute Gasteiger partial charge is 0.465 e. The molecule has 0 aliphatic carbocycles. The quantitative estimate of drug-likeness (QED) is 0.713. The lowest BCUT2D eigenvalue weighted by Gasteiger charge is -2.21. The van der Waals surface area contributed by atoms with Gasteiger partial charge in [-0.1, -0.05) is 0 Å². The molecular weight excluding hydrogens is 284 g/mol. The Hall–Kier alpha value is -1.44. The van der Waals surface area contributed by atoms with Crippen molar-refractivity contribution in [3.8, 4) is 0 Å². The van der Waals surface area contributed by atoms with Crippen molar-refractivity contribution in [2.24, 2.45) is 0 Å². The van der Waals surface area contributed by atoms with Crippen molar-refractivity contribution in [2.45, 2.75) is 17.6 Å². The number of benzene rings is 1. The van der Waals surface area contributed by atoms with Crippen LogP contribution in [-0.4, -0.2) is 40.5 Å². The zero-order valence-corrected chi connectivity index (χ0v) is 12.0. The van der Waals surface area contributed by atoms with E-state index in [9.17, 15) is 13.2 Å². The summed E-state index contributed by atoms with van der Waals surface area (Å²) in [4.78, 5) is 11.8. The molecule has 1 aromatic carbocycles. The van der Waals surface area contributed by atoms with Gasteiger partial charge in [-0.2, -0.15) is 0 Å². The fourth-order valence-corrected chi connectivity index (χ4v) is 4.50. The maximum atomic E-state index is 12.3. The van der Waals surface area contributed by atoms with Crippen molar-refractivity contribution >= 4 is 15.8 Å². The molecule has 0 atom stereocenters. The van der Waals surface area contributed by atoms with E-state index in [0.29, 0.717) is 24.3 Å². The second kappa shape index (κ2) is 4.28. The highest BCUT2D eigenvalue weighted by Gasteiger charge is 2.52. The molecule has 0 aromatic heterocycles. The molecule has 1 aromatic rings. The Morgan fingerprint density at radius 2 is 1.95 bits per heavy atom. The molecule has 0 N–H and O–H groups in total. The average Bonchev–Trinajstić information content (AvgIpc) is 2.93. The first-order valence-corrected chi connectivity index (χ1v) is 7.79. The number of fused-ring (bicyclic) bond motifs is 2. The molecular formula is C13H14O6S. The summed E-state index contributed by atoms with van der Waals surface area (Å²) < 4.78 is 40.3. The van der Waals surface area contributed by atoms with Gasteiger partial charge in [0, 0.05) is 5.56 Å². The van der Waals surface area contributed by atoms with Crippen molar-refractivity contribution in [2.75, 3.05) is 26.1 Å². The molecule has 0 amide bonds. The van der Waals surface area contributed by atoms with Crippen LogP contribution in [0.5, 0.6) is 0 Å². The third-order valence-corrected chi connectivity index (χ3v) is 5.38. The zero-order chi connectivity index (χ0) is 14.5. The lowest BCUT2D eigenvalue weighted by atomic mass is 10.0. The maximum Gasteiger partial charge on any atom is 0.338 e. The first-order chi connectivity index (χ1) is 9.39. The number of methoxy groups -OCH3 is 1. The summed E-state index contributed by atoms with van der Waals surface area (Å²) in [6, 6.07) is 2.99. The minimum absolute atomic E-state index is 0.0883. The molecule has 2 heterocycles.